The number of carbonyl (C=O) groups excluding carboxylic acids is 2. The van der Waals surface area contributed by atoms with Gasteiger partial charge in [-0.1, -0.05) is 31.5 Å². The molecule has 2 rings (SSSR count). The number of nitrogens with one attached hydrogen (secondary N) is 1. The molecule has 0 bridgehead atoms. The van der Waals surface area contributed by atoms with Crippen LogP contribution in [-0.4, -0.2) is 79.2 Å². The number of aryl methyl sites for hydroxylation is 1. The first-order chi connectivity index (χ1) is 17.9. The predicted molar refractivity (Wildman–Crippen MR) is 153 cm³/mol. The Hall–Kier alpha value is -2.17. The second-order valence-electron chi connectivity index (χ2n) is 12.9. The van der Waals surface area contributed by atoms with Gasteiger partial charge in [0, 0.05) is 31.7 Å². The van der Waals surface area contributed by atoms with Crippen molar-refractivity contribution in [3.63, 3.8) is 0 Å². The van der Waals surface area contributed by atoms with Crippen LogP contribution in [0.25, 0.3) is 0 Å². The summed E-state index contributed by atoms with van der Waals surface area (Å²) in [6.07, 6.45) is 1.67. The molecule has 2 atom stereocenters. The van der Waals surface area contributed by atoms with Crippen LogP contribution in [0, 0.1) is 12.8 Å². The Labute approximate surface area is 235 Å². The second kappa shape index (κ2) is 13.5. The van der Waals surface area contributed by atoms with E-state index in [0.717, 1.165) is 24.8 Å². The van der Waals surface area contributed by atoms with Crippen molar-refractivity contribution >= 4 is 22.1 Å². The van der Waals surface area contributed by atoms with Gasteiger partial charge in [0.2, 0.25) is 10.0 Å². The SMILES string of the molecule is Cc1ccc(S(=O)(=O)N2CCC[C@@H]2CN[C@@H](CC(C)C)CN(CC(=O)OC(C)(C)C)C(=O)OC(C)(C)C)cc1. The molecule has 1 aromatic carbocycles. The van der Waals surface area contributed by atoms with Gasteiger partial charge in [-0.15, -0.1) is 0 Å². The first-order valence-corrected chi connectivity index (χ1v) is 15.3. The van der Waals surface area contributed by atoms with E-state index >= 15 is 0 Å². The molecule has 0 saturated carbocycles. The number of sulfonamides is 1. The molecule has 0 aromatic heterocycles. The Kier molecular flexibility index (Phi) is 11.4. The van der Waals surface area contributed by atoms with Crippen molar-refractivity contribution in [3.8, 4) is 0 Å². The van der Waals surface area contributed by atoms with Gasteiger partial charge in [0.1, 0.15) is 17.7 Å². The highest BCUT2D eigenvalue weighted by Gasteiger charge is 2.36. The minimum atomic E-state index is -3.62. The molecular weight excluding hydrogens is 518 g/mol. The van der Waals surface area contributed by atoms with E-state index in [4.69, 9.17) is 9.47 Å². The Morgan fingerprint density at radius 2 is 1.64 bits per heavy atom. The number of hydrogen-bond donors (Lipinski definition) is 1. The molecule has 0 radical (unpaired) electrons. The number of benzene rings is 1. The van der Waals surface area contributed by atoms with Gasteiger partial charge in [0.25, 0.3) is 0 Å². The molecule has 1 aliphatic rings. The van der Waals surface area contributed by atoms with Crippen molar-refractivity contribution in [2.24, 2.45) is 5.92 Å². The molecule has 1 aromatic rings. The zero-order valence-electron chi connectivity index (χ0n) is 25.2. The van der Waals surface area contributed by atoms with Crippen LogP contribution in [-0.2, 0) is 24.3 Å². The molecule has 0 aliphatic carbocycles. The lowest BCUT2D eigenvalue weighted by Crippen LogP contribution is -2.51. The molecular formula is C29H49N3O6S. The highest BCUT2D eigenvalue weighted by molar-refractivity contribution is 7.89. The van der Waals surface area contributed by atoms with Gasteiger partial charge in [-0.3, -0.25) is 9.69 Å². The van der Waals surface area contributed by atoms with E-state index in [0.29, 0.717) is 23.9 Å². The minimum Gasteiger partial charge on any atom is -0.459 e. The van der Waals surface area contributed by atoms with Crippen LogP contribution in [0.1, 0.15) is 80.2 Å². The van der Waals surface area contributed by atoms with E-state index < -0.39 is 33.3 Å². The van der Waals surface area contributed by atoms with Crippen LogP contribution < -0.4 is 5.32 Å². The Morgan fingerprint density at radius 1 is 1.05 bits per heavy atom. The van der Waals surface area contributed by atoms with Crippen molar-refractivity contribution < 1.29 is 27.5 Å². The first-order valence-electron chi connectivity index (χ1n) is 13.9. The molecule has 222 valence electrons. The maximum Gasteiger partial charge on any atom is 0.410 e. The van der Waals surface area contributed by atoms with Crippen LogP contribution in [0.3, 0.4) is 0 Å². The smallest absolute Gasteiger partial charge is 0.410 e. The van der Waals surface area contributed by atoms with Crippen molar-refractivity contribution in [2.45, 2.75) is 110 Å². The largest absolute Gasteiger partial charge is 0.459 e. The normalized spacial score (nSPS) is 17.7. The predicted octanol–water partition coefficient (Wildman–Crippen LogP) is 4.73. The third-order valence-electron chi connectivity index (χ3n) is 6.18. The van der Waals surface area contributed by atoms with Crippen LogP contribution in [0.5, 0.6) is 0 Å². The van der Waals surface area contributed by atoms with Gasteiger partial charge >= 0.3 is 12.1 Å². The number of rotatable bonds is 11. The minimum absolute atomic E-state index is 0.176. The number of hydrogen-bond acceptors (Lipinski definition) is 7. The molecule has 39 heavy (non-hydrogen) atoms. The van der Waals surface area contributed by atoms with E-state index in [1.807, 2.05) is 19.1 Å². The lowest BCUT2D eigenvalue weighted by Gasteiger charge is -2.33. The summed E-state index contributed by atoms with van der Waals surface area (Å²) in [5.41, 5.74) is -0.397. The van der Waals surface area contributed by atoms with E-state index in [1.165, 1.54) is 4.90 Å². The fraction of sp³-hybridized carbons (Fsp3) is 0.724. The van der Waals surface area contributed by atoms with E-state index in [-0.39, 0.29) is 25.2 Å². The number of carbonyl (C=O) groups is 2. The highest BCUT2D eigenvalue weighted by Crippen LogP contribution is 2.26. The average Bonchev–Trinajstić information content (AvgIpc) is 3.24. The quantitative estimate of drug-likeness (QED) is 0.385. The maximum absolute atomic E-state index is 13.4. The fourth-order valence-corrected chi connectivity index (χ4v) is 6.29. The average molecular weight is 568 g/mol. The first kappa shape index (κ1) is 33.0. The number of ether oxygens (including phenoxy) is 2. The number of nitrogens with zero attached hydrogens (tertiary/aromatic N) is 2. The summed E-state index contributed by atoms with van der Waals surface area (Å²) in [6, 6.07) is 6.56. The Bertz CT molecular complexity index is 1060. The summed E-state index contributed by atoms with van der Waals surface area (Å²) in [5, 5.41) is 3.52. The van der Waals surface area contributed by atoms with Crippen LogP contribution in [0.2, 0.25) is 0 Å². The monoisotopic (exact) mass is 567 g/mol. The summed E-state index contributed by atoms with van der Waals surface area (Å²) in [7, 11) is -3.62. The van der Waals surface area contributed by atoms with E-state index in [1.54, 1.807) is 58.0 Å². The van der Waals surface area contributed by atoms with Crippen molar-refractivity contribution in [1.29, 1.82) is 0 Å². The second-order valence-corrected chi connectivity index (χ2v) is 14.8. The molecule has 0 spiro atoms. The lowest BCUT2D eigenvalue weighted by atomic mass is 10.0. The van der Waals surface area contributed by atoms with Crippen molar-refractivity contribution in [2.75, 3.05) is 26.2 Å². The van der Waals surface area contributed by atoms with Gasteiger partial charge in [-0.25, -0.2) is 13.2 Å². The molecule has 10 heteroatoms. The Morgan fingerprint density at radius 3 is 2.18 bits per heavy atom. The number of esters is 1. The molecule has 1 amide bonds. The summed E-state index contributed by atoms with van der Waals surface area (Å²) in [4.78, 5) is 27.4. The van der Waals surface area contributed by atoms with Gasteiger partial charge in [-0.05, 0) is 85.8 Å². The number of amides is 1. The standard InChI is InChI=1S/C29H49N3O6S/c1-21(2)17-23(19-31(27(34)38-29(7,8)9)20-26(33)37-28(4,5)6)30-18-24-11-10-16-32(24)39(35,36)25-14-12-22(3)13-15-25/h12-15,21,23-24,30H,10-11,16-20H2,1-9H3/t23-,24+/m0/s1. The summed E-state index contributed by atoms with van der Waals surface area (Å²) in [5.74, 6) is -0.205. The van der Waals surface area contributed by atoms with Gasteiger partial charge in [0.15, 0.2) is 0 Å². The van der Waals surface area contributed by atoms with Crippen LogP contribution >= 0.6 is 0 Å². The zero-order chi connectivity index (χ0) is 29.6. The third kappa shape index (κ3) is 11.1. The van der Waals surface area contributed by atoms with E-state index in [9.17, 15) is 18.0 Å². The highest BCUT2D eigenvalue weighted by atomic mass is 32.2. The molecule has 1 fully saturated rings. The molecule has 9 nitrogen and oxygen atoms in total. The van der Waals surface area contributed by atoms with Crippen LogP contribution in [0.15, 0.2) is 29.2 Å². The van der Waals surface area contributed by atoms with Crippen LogP contribution in [0.4, 0.5) is 4.79 Å². The Balaban J connectivity index is 2.19. The van der Waals surface area contributed by atoms with Gasteiger partial charge in [-0.2, -0.15) is 4.31 Å². The maximum atomic E-state index is 13.4. The fourth-order valence-electron chi connectivity index (χ4n) is 4.60. The molecule has 1 heterocycles. The third-order valence-corrected chi connectivity index (χ3v) is 8.15. The van der Waals surface area contributed by atoms with E-state index in [2.05, 4.69) is 19.2 Å². The lowest BCUT2D eigenvalue weighted by molar-refractivity contribution is -0.156. The molecule has 1 saturated heterocycles. The van der Waals surface area contributed by atoms with Gasteiger partial charge < -0.3 is 14.8 Å². The molecule has 0 unspecified atom stereocenters. The molecule has 1 aliphatic heterocycles. The zero-order valence-corrected chi connectivity index (χ0v) is 26.1. The topological polar surface area (TPSA) is 105 Å². The molecule has 1 N–H and O–H groups in total. The summed E-state index contributed by atoms with van der Waals surface area (Å²) in [6.45, 7) is 17.7. The summed E-state index contributed by atoms with van der Waals surface area (Å²) >= 11 is 0. The van der Waals surface area contributed by atoms with Crippen molar-refractivity contribution in [1.82, 2.24) is 14.5 Å². The van der Waals surface area contributed by atoms with Crippen molar-refractivity contribution in [3.05, 3.63) is 29.8 Å². The summed E-state index contributed by atoms with van der Waals surface area (Å²) < 4.78 is 39.4. The van der Waals surface area contributed by atoms with Gasteiger partial charge in [0.05, 0.1) is 4.90 Å².